The van der Waals surface area contributed by atoms with Gasteiger partial charge in [0.15, 0.2) is 0 Å². The van der Waals surface area contributed by atoms with Crippen molar-refractivity contribution in [3.63, 3.8) is 0 Å². The van der Waals surface area contributed by atoms with Crippen molar-refractivity contribution in [3.05, 3.63) is 23.8 Å². The fourth-order valence-corrected chi connectivity index (χ4v) is 1.33. The molecule has 2 N–H and O–H groups in total. The van der Waals surface area contributed by atoms with Crippen LogP contribution in [0.2, 0.25) is 0 Å². The first-order chi connectivity index (χ1) is 8.56. The molecule has 0 fully saturated rings. The molecule has 1 amide bonds. The molecule has 0 aromatic heterocycles. The zero-order valence-electron chi connectivity index (χ0n) is 10.2. The van der Waals surface area contributed by atoms with Crippen molar-refractivity contribution < 1.29 is 24.2 Å². The van der Waals surface area contributed by atoms with Crippen LogP contribution in [0.5, 0.6) is 5.75 Å². The Kier molecular flexibility index (Phi) is 4.98. The van der Waals surface area contributed by atoms with E-state index >= 15 is 0 Å². The molecule has 0 saturated heterocycles. The highest BCUT2D eigenvalue weighted by molar-refractivity contribution is 5.85. The van der Waals surface area contributed by atoms with Gasteiger partial charge in [-0.25, -0.2) is 4.79 Å². The van der Waals surface area contributed by atoms with Gasteiger partial charge in [0.2, 0.25) is 0 Å². The smallest absolute Gasteiger partial charge is 0.411 e. The number of carbonyl (C=O) groups excluding carboxylic acids is 2. The number of benzene rings is 1. The molecule has 6 nitrogen and oxygen atoms in total. The van der Waals surface area contributed by atoms with Gasteiger partial charge in [-0.2, -0.15) is 0 Å². The SMILES string of the molecule is CCOC(=O)Cc1ccc(NC(=O)OC)cc1O. The minimum absolute atomic E-state index is 0.0157. The number of esters is 1. The standard InChI is InChI=1S/C12H15NO5/c1-3-18-11(15)6-8-4-5-9(7-10(8)14)13-12(16)17-2/h4-5,7,14H,3,6H2,1-2H3,(H,13,16). The summed E-state index contributed by atoms with van der Waals surface area (Å²) in [5, 5.41) is 12.1. The maximum Gasteiger partial charge on any atom is 0.411 e. The summed E-state index contributed by atoms with van der Waals surface area (Å²) >= 11 is 0. The molecule has 0 heterocycles. The van der Waals surface area contributed by atoms with E-state index in [1.807, 2.05) is 0 Å². The molecule has 0 radical (unpaired) electrons. The van der Waals surface area contributed by atoms with Crippen LogP contribution in [0, 0.1) is 0 Å². The molecule has 0 aliphatic carbocycles. The lowest BCUT2D eigenvalue weighted by Gasteiger charge is -2.08. The van der Waals surface area contributed by atoms with Crippen molar-refractivity contribution in [2.75, 3.05) is 19.0 Å². The molecule has 98 valence electrons. The molecule has 1 aromatic rings. The van der Waals surface area contributed by atoms with Crippen molar-refractivity contribution in [2.24, 2.45) is 0 Å². The Morgan fingerprint density at radius 1 is 1.39 bits per heavy atom. The number of anilines is 1. The van der Waals surface area contributed by atoms with Gasteiger partial charge in [0.05, 0.1) is 20.1 Å². The molecule has 0 spiro atoms. The molecule has 1 rings (SSSR count). The molecule has 1 aromatic carbocycles. The van der Waals surface area contributed by atoms with Crippen LogP contribution in [0.25, 0.3) is 0 Å². The van der Waals surface area contributed by atoms with Crippen LogP contribution in [0.15, 0.2) is 18.2 Å². The lowest BCUT2D eigenvalue weighted by atomic mass is 10.1. The van der Waals surface area contributed by atoms with Crippen LogP contribution < -0.4 is 5.32 Å². The lowest BCUT2D eigenvalue weighted by molar-refractivity contribution is -0.142. The summed E-state index contributed by atoms with van der Waals surface area (Å²) in [6, 6.07) is 4.44. The van der Waals surface area contributed by atoms with E-state index in [0.717, 1.165) is 0 Å². The Morgan fingerprint density at radius 3 is 2.67 bits per heavy atom. The number of aromatic hydroxyl groups is 1. The molecule has 0 aliphatic rings. The zero-order chi connectivity index (χ0) is 13.5. The molecule has 0 unspecified atom stereocenters. The van der Waals surface area contributed by atoms with Crippen molar-refractivity contribution in [1.29, 1.82) is 0 Å². The molecule has 0 atom stereocenters. The van der Waals surface area contributed by atoms with E-state index in [-0.39, 0.29) is 12.2 Å². The van der Waals surface area contributed by atoms with Crippen molar-refractivity contribution in [2.45, 2.75) is 13.3 Å². The normalized spacial score (nSPS) is 9.67. The van der Waals surface area contributed by atoms with Gasteiger partial charge >= 0.3 is 12.1 Å². The number of hydrogen-bond donors (Lipinski definition) is 2. The Balaban J connectivity index is 2.73. The van der Waals surface area contributed by atoms with Crippen LogP contribution in [-0.2, 0) is 20.7 Å². The van der Waals surface area contributed by atoms with E-state index in [0.29, 0.717) is 17.9 Å². The van der Waals surface area contributed by atoms with Crippen LogP contribution >= 0.6 is 0 Å². The minimum Gasteiger partial charge on any atom is -0.508 e. The molecule has 0 bridgehead atoms. The number of ether oxygens (including phenoxy) is 2. The molecule has 0 aliphatic heterocycles. The van der Waals surface area contributed by atoms with Gasteiger partial charge in [0.25, 0.3) is 0 Å². The van der Waals surface area contributed by atoms with Gasteiger partial charge < -0.3 is 14.6 Å². The predicted molar refractivity (Wildman–Crippen MR) is 64.5 cm³/mol. The fourth-order valence-electron chi connectivity index (χ4n) is 1.33. The van der Waals surface area contributed by atoms with E-state index in [4.69, 9.17) is 4.74 Å². The second-order valence-corrected chi connectivity index (χ2v) is 3.44. The Bertz CT molecular complexity index is 444. The number of rotatable bonds is 4. The van der Waals surface area contributed by atoms with E-state index in [9.17, 15) is 14.7 Å². The maximum atomic E-state index is 11.3. The van der Waals surface area contributed by atoms with Crippen LogP contribution in [0.3, 0.4) is 0 Å². The van der Waals surface area contributed by atoms with Gasteiger partial charge in [0, 0.05) is 17.3 Å². The van der Waals surface area contributed by atoms with Crippen LogP contribution in [0.1, 0.15) is 12.5 Å². The van der Waals surface area contributed by atoms with Gasteiger partial charge in [-0.05, 0) is 13.0 Å². The summed E-state index contributed by atoms with van der Waals surface area (Å²) < 4.78 is 9.19. The van der Waals surface area contributed by atoms with Gasteiger partial charge in [-0.15, -0.1) is 0 Å². The number of hydrogen-bond acceptors (Lipinski definition) is 5. The second kappa shape index (κ2) is 6.48. The van der Waals surface area contributed by atoms with E-state index in [1.165, 1.54) is 19.2 Å². The summed E-state index contributed by atoms with van der Waals surface area (Å²) in [5.41, 5.74) is 0.816. The summed E-state index contributed by atoms with van der Waals surface area (Å²) in [5.74, 6) is -0.501. The molecular weight excluding hydrogens is 238 g/mol. The van der Waals surface area contributed by atoms with E-state index < -0.39 is 12.1 Å². The highest BCUT2D eigenvalue weighted by Crippen LogP contribution is 2.22. The number of carbonyl (C=O) groups is 2. The van der Waals surface area contributed by atoms with Gasteiger partial charge in [-0.3, -0.25) is 10.1 Å². The van der Waals surface area contributed by atoms with Crippen LogP contribution in [-0.4, -0.2) is 30.9 Å². The number of methoxy groups -OCH3 is 1. The van der Waals surface area contributed by atoms with E-state index in [1.54, 1.807) is 13.0 Å². The van der Waals surface area contributed by atoms with Crippen molar-refractivity contribution >= 4 is 17.7 Å². The maximum absolute atomic E-state index is 11.3. The zero-order valence-corrected chi connectivity index (χ0v) is 10.2. The Labute approximate surface area is 105 Å². The Hall–Kier alpha value is -2.24. The molecular formula is C12H15NO5. The van der Waals surface area contributed by atoms with Gasteiger partial charge in [0.1, 0.15) is 5.75 Å². The first kappa shape index (κ1) is 13.8. The quantitative estimate of drug-likeness (QED) is 0.797. The second-order valence-electron chi connectivity index (χ2n) is 3.44. The number of phenols is 1. The third-order valence-electron chi connectivity index (χ3n) is 2.16. The highest BCUT2D eigenvalue weighted by Gasteiger charge is 2.10. The fraction of sp³-hybridized carbons (Fsp3) is 0.333. The largest absolute Gasteiger partial charge is 0.508 e. The average molecular weight is 253 g/mol. The summed E-state index contributed by atoms with van der Waals surface area (Å²) in [4.78, 5) is 22.2. The minimum atomic E-state index is -0.632. The molecule has 0 saturated carbocycles. The lowest BCUT2D eigenvalue weighted by Crippen LogP contribution is -2.11. The topological polar surface area (TPSA) is 84.9 Å². The first-order valence-electron chi connectivity index (χ1n) is 5.39. The first-order valence-corrected chi connectivity index (χ1v) is 5.39. The third kappa shape index (κ3) is 3.97. The number of amides is 1. The van der Waals surface area contributed by atoms with E-state index in [2.05, 4.69) is 10.1 Å². The highest BCUT2D eigenvalue weighted by atomic mass is 16.5. The summed E-state index contributed by atoms with van der Waals surface area (Å²) in [6.07, 6.45) is -0.648. The number of phenolic OH excluding ortho intramolecular Hbond substituents is 1. The van der Waals surface area contributed by atoms with Crippen molar-refractivity contribution in [3.8, 4) is 5.75 Å². The summed E-state index contributed by atoms with van der Waals surface area (Å²) in [7, 11) is 1.24. The van der Waals surface area contributed by atoms with Gasteiger partial charge in [-0.1, -0.05) is 6.07 Å². The predicted octanol–water partition coefficient (Wildman–Crippen LogP) is 1.68. The average Bonchev–Trinajstić information content (AvgIpc) is 2.33. The van der Waals surface area contributed by atoms with Crippen molar-refractivity contribution in [1.82, 2.24) is 0 Å². The Morgan fingerprint density at radius 2 is 2.11 bits per heavy atom. The third-order valence-corrected chi connectivity index (χ3v) is 2.16. The number of nitrogens with one attached hydrogen (secondary N) is 1. The monoisotopic (exact) mass is 253 g/mol. The summed E-state index contributed by atoms with van der Waals surface area (Å²) in [6.45, 7) is 2.00. The molecule has 18 heavy (non-hydrogen) atoms. The molecule has 6 heteroatoms. The van der Waals surface area contributed by atoms with Crippen LogP contribution in [0.4, 0.5) is 10.5 Å².